The van der Waals surface area contributed by atoms with Crippen LogP contribution in [0.1, 0.15) is 173 Å². The van der Waals surface area contributed by atoms with Gasteiger partial charge in [-0.3, -0.25) is 0 Å². The van der Waals surface area contributed by atoms with Crippen molar-refractivity contribution >= 4 is 0 Å². The van der Waals surface area contributed by atoms with Crippen LogP contribution in [-0.2, 0) is 0 Å². The second-order valence-electron chi connectivity index (χ2n) is 16.0. The second kappa shape index (κ2) is 22.7. The fourth-order valence-electron chi connectivity index (χ4n) is 7.70. The molecule has 0 aromatic carbocycles. The van der Waals surface area contributed by atoms with Crippen molar-refractivity contribution in [1.82, 2.24) is 0 Å². The highest BCUT2D eigenvalue weighted by Gasteiger charge is 2.35. The molecule has 0 heteroatoms. The van der Waals surface area contributed by atoms with Gasteiger partial charge < -0.3 is 0 Å². The summed E-state index contributed by atoms with van der Waals surface area (Å²) in [6.45, 7) is 30.9. The topological polar surface area (TPSA) is 0 Å². The minimum absolute atomic E-state index is 0.228. The Balaban J connectivity index is 3.18. The van der Waals surface area contributed by atoms with E-state index in [9.17, 15) is 0 Å². The molecule has 1 aliphatic rings. The van der Waals surface area contributed by atoms with Crippen LogP contribution in [0.25, 0.3) is 0 Å². The Morgan fingerprint density at radius 2 is 1.61 bits per heavy atom. The molecule has 0 aromatic rings. The number of rotatable bonds is 23. The summed E-state index contributed by atoms with van der Waals surface area (Å²) in [5.41, 5.74) is 9.56. The van der Waals surface area contributed by atoms with E-state index in [1.54, 1.807) is 22.3 Å². The minimum Gasteiger partial charge on any atom is -0.0856 e. The summed E-state index contributed by atoms with van der Waals surface area (Å²) >= 11 is 0. The fourth-order valence-corrected chi connectivity index (χ4v) is 7.70. The Labute approximate surface area is 289 Å². The normalized spacial score (nSPS) is 20.5. The SMILES string of the molecule is CCC=C(CC(=CC(C)CC(C)=CCCC)CC)C(C)(CCCC=C1C=CC1CC=C(C=C(C)C)CC)C(C)CC(C)CC(C)C. The molecule has 1 aliphatic carbocycles. The molecule has 0 saturated carbocycles. The van der Waals surface area contributed by atoms with Crippen LogP contribution in [0.15, 0.2) is 82.0 Å². The second-order valence-corrected chi connectivity index (χ2v) is 16.0. The molecule has 0 heterocycles. The molecule has 262 valence electrons. The monoisotopic (exact) mass is 631 g/mol. The van der Waals surface area contributed by atoms with Crippen molar-refractivity contribution in [3.05, 3.63) is 82.0 Å². The summed E-state index contributed by atoms with van der Waals surface area (Å²) in [6.07, 6.45) is 35.5. The van der Waals surface area contributed by atoms with Crippen molar-refractivity contribution in [1.29, 1.82) is 0 Å². The van der Waals surface area contributed by atoms with E-state index in [0.717, 1.165) is 43.9 Å². The quantitative estimate of drug-likeness (QED) is 0.0598. The molecule has 0 aromatic heterocycles. The fraction of sp³-hybridized carbons (Fsp3) is 0.696. The van der Waals surface area contributed by atoms with E-state index in [0.29, 0.717) is 17.8 Å². The molecule has 0 N–H and O–H groups in total. The third-order valence-electron chi connectivity index (χ3n) is 10.5. The lowest BCUT2D eigenvalue weighted by atomic mass is 9.64. The lowest BCUT2D eigenvalue weighted by Gasteiger charge is -2.41. The first-order valence-corrected chi connectivity index (χ1v) is 19.6. The van der Waals surface area contributed by atoms with E-state index < -0.39 is 0 Å². The van der Waals surface area contributed by atoms with Crippen LogP contribution in [0.5, 0.6) is 0 Å². The molecule has 0 fully saturated rings. The van der Waals surface area contributed by atoms with Gasteiger partial charge in [0.25, 0.3) is 0 Å². The molecule has 46 heavy (non-hydrogen) atoms. The van der Waals surface area contributed by atoms with Crippen LogP contribution < -0.4 is 0 Å². The highest BCUT2D eigenvalue weighted by Crippen LogP contribution is 2.47. The zero-order chi connectivity index (χ0) is 34.7. The van der Waals surface area contributed by atoms with Gasteiger partial charge in [0.15, 0.2) is 0 Å². The summed E-state index contributed by atoms with van der Waals surface area (Å²) < 4.78 is 0. The molecule has 0 amide bonds. The van der Waals surface area contributed by atoms with Gasteiger partial charge in [-0.2, -0.15) is 0 Å². The average molecular weight is 631 g/mol. The third-order valence-corrected chi connectivity index (χ3v) is 10.5. The summed E-state index contributed by atoms with van der Waals surface area (Å²) in [6, 6.07) is 0. The number of hydrogen-bond acceptors (Lipinski definition) is 0. The Bertz CT molecular complexity index is 1080. The van der Waals surface area contributed by atoms with Gasteiger partial charge in [0.1, 0.15) is 0 Å². The van der Waals surface area contributed by atoms with E-state index >= 15 is 0 Å². The summed E-state index contributed by atoms with van der Waals surface area (Å²) in [5, 5.41) is 0. The van der Waals surface area contributed by atoms with Crippen LogP contribution in [-0.4, -0.2) is 0 Å². The average Bonchev–Trinajstić information content (AvgIpc) is 2.97. The van der Waals surface area contributed by atoms with Gasteiger partial charge in [-0.1, -0.05) is 152 Å². The Morgan fingerprint density at radius 3 is 2.15 bits per heavy atom. The zero-order valence-corrected chi connectivity index (χ0v) is 33.2. The maximum atomic E-state index is 2.63. The molecule has 0 spiro atoms. The van der Waals surface area contributed by atoms with Crippen molar-refractivity contribution in [2.24, 2.45) is 35.0 Å². The van der Waals surface area contributed by atoms with Crippen LogP contribution in [0.3, 0.4) is 0 Å². The molecule has 5 atom stereocenters. The van der Waals surface area contributed by atoms with Crippen LogP contribution in [0.4, 0.5) is 0 Å². The van der Waals surface area contributed by atoms with Crippen molar-refractivity contribution < 1.29 is 0 Å². The summed E-state index contributed by atoms with van der Waals surface area (Å²) in [4.78, 5) is 0. The highest BCUT2D eigenvalue weighted by molar-refractivity contribution is 5.37. The van der Waals surface area contributed by atoms with Crippen molar-refractivity contribution in [3.8, 4) is 0 Å². The first-order chi connectivity index (χ1) is 21.8. The van der Waals surface area contributed by atoms with Crippen LogP contribution in [0, 0.1) is 35.0 Å². The number of hydrogen-bond donors (Lipinski definition) is 0. The minimum atomic E-state index is 0.228. The zero-order valence-electron chi connectivity index (χ0n) is 33.2. The van der Waals surface area contributed by atoms with E-state index in [-0.39, 0.29) is 5.41 Å². The first kappa shape index (κ1) is 42.2. The van der Waals surface area contributed by atoms with Crippen molar-refractivity contribution in [3.63, 3.8) is 0 Å². The van der Waals surface area contributed by atoms with Crippen molar-refractivity contribution in [2.45, 2.75) is 173 Å². The number of unbranched alkanes of at least 4 members (excludes halogenated alkanes) is 2. The van der Waals surface area contributed by atoms with E-state index in [1.165, 1.54) is 62.5 Å². The van der Waals surface area contributed by atoms with Gasteiger partial charge in [-0.15, -0.1) is 0 Å². The molecule has 0 nitrogen and oxygen atoms in total. The largest absolute Gasteiger partial charge is 0.0856 e. The van der Waals surface area contributed by atoms with Gasteiger partial charge in [-0.25, -0.2) is 0 Å². The molecule has 0 aliphatic heterocycles. The molecular weight excluding hydrogens is 553 g/mol. The van der Waals surface area contributed by atoms with Gasteiger partial charge in [0.05, 0.1) is 0 Å². The molecule has 5 unspecified atom stereocenters. The standard InChI is InChI=1S/C46H78/c1-14-18-22-37(9)31-39(11)33-42(17-4)34-45(21-15-2)46(13,40(12)32-38(10)29-35(5)6)28-20-19-23-43-26-27-44(43)25-24-41(16-3)30-36(7)8/h21-24,26-27,30,33,35,38-40,44H,14-20,25,28-29,31-32,34H2,1-13H3. The third kappa shape index (κ3) is 15.8. The van der Waals surface area contributed by atoms with E-state index in [1.807, 2.05) is 0 Å². The van der Waals surface area contributed by atoms with Gasteiger partial charge in [-0.05, 0) is 132 Å². The van der Waals surface area contributed by atoms with Crippen LogP contribution in [0.2, 0.25) is 0 Å². The maximum Gasteiger partial charge on any atom is 0.00526 e. The van der Waals surface area contributed by atoms with Gasteiger partial charge in [0.2, 0.25) is 0 Å². The Hall–Kier alpha value is -1.82. The summed E-state index contributed by atoms with van der Waals surface area (Å²) in [5.74, 6) is 3.41. The molecule has 0 saturated heterocycles. The first-order valence-electron chi connectivity index (χ1n) is 19.6. The Morgan fingerprint density at radius 1 is 0.891 bits per heavy atom. The predicted octanol–water partition coefficient (Wildman–Crippen LogP) is 15.5. The molecule has 1 rings (SSSR count). The molecular formula is C46H78. The summed E-state index contributed by atoms with van der Waals surface area (Å²) in [7, 11) is 0. The Kier molecular flexibility index (Phi) is 20.8. The lowest BCUT2D eigenvalue weighted by Crippen LogP contribution is -2.30. The molecule has 0 bridgehead atoms. The van der Waals surface area contributed by atoms with E-state index in [4.69, 9.17) is 0 Å². The number of allylic oxidation sites excluding steroid dienone is 14. The predicted molar refractivity (Wildman–Crippen MR) is 211 cm³/mol. The van der Waals surface area contributed by atoms with Crippen LogP contribution >= 0.6 is 0 Å². The van der Waals surface area contributed by atoms with Crippen molar-refractivity contribution in [2.75, 3.05) is 0 Å². The lowest BCUT2D eigenvalue weighted by molar-refractivity contribution is 0.185. The van der Waals surface area contributed by atoms with Gasteiger partial charge in [0, 0.05) is 5.92 Å². The molecule has 0 radical (unpaired) electrons. The van der Waals surface area contributed by atoms with Gasteiger partial charge >= 0.3 is 0 Å². The smallest absolute Gasteiger partial charge is 0.00526 e. The maximum absolute atomic E-state index is 2.63. The highest BCUT2D eigenvalue weighted by atomic mass is 14.4. The van der Waals surface area contributed by atoms with E-state index in [2.05, 4.69) is 139 Å².